The number of carbonyl (C=O) groups is 2. The molecule has 7 nitrogen and oxygen atoms in total. The first-order valence-corrected chi connectivity index (χ1v) is 10.1. The highest BCUT2D eigenvalue weighted by molar-refractivity contribution is 6.34. The van der Waals surface area contributed by atoms with Crippen LogP contribution in [0.4, 0.5) is 5.69 Å². The van der Waals surface area contributed by atoms with Crippen LogP contribution in [0.1, 0.15) is 35.2 Å². The van der Waals surface area contributed by atoms with E-state index < -0.39 is 0 Å². The molecule has 0 saturated heterocycles. The Kier molecular flexibility index (Phi) is 5.55. The van der Waals surface area contributed by atoms with Gasteiger partial charge in [0.05, 0.1) is 27.8 Å². The summed E-state index contributed by atoms with van der Waals surface area (Å²) in [6.07, 6.45) is 3.55. The van der Waals surface area contributed by atoms with Crippen LogP contribution in [0.5, 0.6) is 0 Å². The predicted molar refractivity (Wildman–Crippen MR) is 116 cm³/mol. The number of rotatable bonds is 6. The molecule has 2 N–H and O–H groups in total. The van der Waals surface area contributed by atoms with E-state index in [1.807, 2.05) is 19.1 Å². The Morgan fingerprint density at radius 3 is 2.77 bits per heavy atom. The van der Waals surface area contributed by atoms with E-state index in [0.29, 0.717) is 22.2 Å². The zero-order valence-electron chi connectivity index (χ0n) is 16.4. The lowest BCUT2D eigenvalue weighted by Crippen LogP contribution is -2.25. The first-order chi connectivity index (χ1) is 14.4. The average molecular weight is 425 g/mol. The van der Waals surface area contributed by atoms with Crippen LogP contribution in [-0.2, 0) is 11.3 Å². The van der Waals surface area contributed by atoms with Gasteiger partial charge in [-0.15, -0.1) is 0 Å². The van der Waals surface area contributed by atoms with Crippen molar-refractivity contribution in [3.05, 3.63) is 69.2 Å². The lowest BCUT2D eigenvalue weighted by Gasteiger charge is -2.10. The molecule has 1 saturated carbocycles. The first kappa shape index (κ1) is 20.1. The number of aromatic nitrogens is 2. The van der Waals surface area contributed by atoms with Gasteiger partial charge in [-0.05, 0) is 49.6 Å². The van der Waals surface area contributed by atoms with E-state index in [-0.39, 0.29) is 41.4 Å². The Hall–Kier alpha value is -3.19. The van der Waals surface area contributed by atoms with Crippen molar-refractivity contribution in [3.8, 4) is 0 Å². The van der Waals surface area contributed by atoms with E-state index in [1.54, 1.807) is 24.3 Å². The minimum Gasteiger partial charge on any atom is -0.349 e. The monoisotopic (exact) mass is 424 g/mol. The second-order valence-corrected chi connectivity index (χ2v) is 7.86. The van der Waals surface area contributed by atoms with Crippen molar-refractivity contribution in [1.82, 2.24) is 14.9 Å². The molecule has 1 aliphatic carbocycles. The van der Waals surface area contributed by atoms with E-state index >= 15 is 0 Å². The largest absolute Gasteiger partial charge is 0.349 e. The Labute approximate surface area is 178 Å². The van der Waals surface area contributed by atoms with Gasteiger partial charge in [0.1, 0.15) is 0 Å². The quantitative estimate of drug-likeness (QED) is 0.635. The fourth-order valence-corrected chi connectivity index (χ4v) is 3.48. The number of anilines is 1. The van der Waals surface area contributed by atoms with Crippen molar-refractivity contribution in [3.63, 3.8) is 0 Å². The van der Waals surface area contributed by atoms with Crippen LogP contribution in [-0.4, -0.2) is 27.4 Å². The van der Waals surface area contributed by atoms with Gasteiger partial charge in [0.15, 0.2) is 0 Å². The molecule has 2 aromatic carbocycles. The first-order valence-electron chi connectivity index (χ1n) is 9.77. The Bertz CT molecular complexity index is 1200. The summed E-state index contributed by atoms with van der Waals surface area (Å²) in [4.78, 5) is 41.4. The van der Waals surface area contributed by atoms with Crippen molar-refractivity contribution in [2.45, 2.75) is 38.8 Å². The van der Waals surface area contributed by atoms with Crippen molar-refractivity contribution >= 4 is 40.0 Å². The van der Waals surface area contributed by atoms with E-state index in [2.05, 4.69) is 15.6 Å². The van der Waals surface area contributed by atoms with E-state index in [9.17, 15) is 14.4 Å². The third-order valence-corrected chi connectivity index (χ3v) is 5.36. The van der Waals surface area contributed by atoms with Crippen LogP contribution in [0.3, 0.4) is 0 Å². The van der Waals surface area contributed by atoms with Crippen molar-refractivity contribution in [2.24, 2.45) is 0 Å². The number of amides is 2. The molecule has 1 fully saturated rings. The SMILES string of the molecule is Cc1cccc2c(=O)n(CCC(=O)Nc3ccc(C(=O)NC4CC4)c(Cl)c3)cnc12. The molecule has 1 aromatic heterocycles. The molecule has 0 radical (unpaired) electrons. The molecule has 0 unspecified atom stereocenters. The summed E-state index contributed by atoms with van der Waals surface area (Å²) >= 11 is 6.21. The molecule has 1 aliphatic rings. The summed E-state index contributed by atoms with van der Waals surface area (Å²) in [6, 6.07) is 10.5. The number of fused-ring (bicyclic) bond motifs is 1. The second kappa shape index (κ2) is 8.28. The van der Waals surface area contributed by atoms with Gasteiger partial charge in [-0.3, -0.25) is 19.0 Å². The molecule has 0 spiro atoms. The maximum atomic E-state index is 12.6. The van der Waals surface area contributed by atoms with Gasteiger partial charge in [0, 0.05) is 24.7 Å². The molecule has 3 aromatic rings. The number of nitrogens with zero attached hydrogens (tertiary/aromatic N) is 2. The van der Waals surface area contributed by atoms with Gasteiger partial charge in [-0.25, -0.2) is 4.98 Å². The highest BCUT2D eigenvalue weighted by atomic mass is 35.5. The summed E-state index contributed by atoms with van der Waals surface area (Å²) in [5.41, 5.74) is 2.30. The Balaban J connectivity index is 1.40. The van der Waals surface area contributed by atoms with Gasteiger partial charge in [0.25, 0.3) is 11.5 Å². The highest BCUT2D eigenvalue weighted by Crippen LogP contribution is 2.24. The van der Waals surface area contributed by atoms with E-state index in [1.165, 1.54) is 10.9 Å². The van der Waals surface area contributed by atoms with Crippen LogP contribution in [0.15, 0.2) is 47.5 Å². The molecule has 4 rings (SSSR count). The molecule has 1 heterocycles. The van der Waals surface area contributed by atoms with Crippen LogP contribution in [0, 0.1) is 6.92 Å². The summed E-state index contributed by atoms with van der Waals surface area (Å²) in [6.45, 7) is 2.11. The minimum atomic E-state index is -0.266. The normalized spacial score (nSPS) is 13.3. The fourth-order valence-electron chi connectivity index (χ4n) is 3.21. The third-order valence-electron chi connectivity index (χ3n) is 5.05. The van der Waals surface area contributed by atoms with Crippen LogP contribution < -0.4 is 16.2 Å². The number of para-hydroxylation sites is 1. The fraction of sp³-hybridized carbons (Fsp3) is 0.273. The van der Waals surface area contributed by atoms with Crippen molar-refractivity contribution in [1.29, 1.82) is 0 Å². The van der Waals surface area contributed by atoms with Gasteiger partial charge < -0.3 is 10.6 Å². The van der Waals surface area contributed by atoms with Crippen LogP contribution in [0.2, 0.25) is 5.02 Å². The molecule has 0 bridgehead atoms. The second-order valence-electron chi connectivity index (χ2n) is 7.45. The number of aryl methyl sites for hydroxylation is 2. The maximum absolute atomic E-state index is 12.6. The third kappa shape index (κ3) is 4.36. The zero-order valence-corrected chi connectivity index (χ0v) is 17.2. The molecule has 30 heavy (non-hydrogen) atoms. The lowest BCUT2D eigenvalue weighted by atomic mass is 10.1. The van der Waals surface area contributed by atoms with Gasteiger partial charge in [-0.1, -0.05) is 23.7 Å². The number of halogens is 1. The standard InChI is InChI=1S/C22H21ClN4O3/c1-13-3-2-4-17-20(13)24-12-27(22(17)30)10-9-19(28)25-15-7-8-16(18(23)11-15)21(29)26-14-5-6-14/h2-4,7-8,11-12,14H,5-6,9-10H2,1H3,(H,25,28)(H,26,29). The molecular formula is C22H21ClN4O3. The number of benzene rings is 2. The average Bonchev–Trinajstić information content (AvgIpc) is 3.52. The summed E-state index contributed by atoms with van der Waals surface area (Å²) in [5, 5.41) is 6.44. The predicted octanol–water partition coefficient (Wildman–Crippen LogP) is 3.28. The minimum absolute atomic E-state index is 0.0977. The van der Waals surface area contributed by atoms with E-state index in [4.69, 9.17) is 11.6 Å². The molecule has 2 amide bonds. The topological polar surface area (TPSA) is 93.1 Å². The number of nitrogens with one attached hydrogen (secondary N) is 2. The Morgan fingerprint density at radius 2 is 2.03 bits per heavy atom. The van der Waals surface area contributed by atoms with Gasteiger partial charge >= 0.3 is 0 Å². The van der Waals surface area contributed by atoms with Gasteiger partial charge in [-0.2, -0.15) is 0 Å². The number of hydrogen-bond acceptors (Lipinski definition) is 4. The summed E-state index contributed by atoms with van der Waals surface area (Å²) < 4.78 is 1.43. The smallest absolute Gasteiger partial charge is 0.261 e. The van der Waals surface area contributed by atoms with E-state index in [0.717, 1.165) is 18.4 Å². The molecule has 0 aliphatic heterocycles. The van der Waals surface area contributed by atoms with Crippen molar-refractivity contribution < 1.29 is 9.59 Å². The molecule has 8 heteroatoms. The maximum Gasteiger partial charge on any atom is 0.261 e. The Morgan fingerprint density at radius 1 is 1.23 bits per heavy atom. The number of hydrogen-bond donors (Lipinski definition) is 2. The summed E-state index contributed by atoms with van der Waals surface area (Å²) in [7, 11) is 0. The van der Waals surface area contributed by atoms with Gasteiger partial charge in [0.2, 0.25) is 5.91 Å². The van der Waals surface area contributed by atoms with Crippen molar-refractivity contribution in [2.75, 3.05) is 5.32 Å². The summed E-state index contributed by atoms with van der Waals surface area (Å²) in [5.74, 6) is -0.476. The van der Waals surface area contributed by atoms with Crippen LogP contribution >= 0.6 is 11.6 Å². The molecular weight excluding hydrogens is 404 g/mol. The lowest BCUT2D eigenvalue weighted by molar-refractivity contribution is -0.116. The van der Waals surface area contributed by atoms with Crippen LogP contribution in [0.25, 0.3) is 10.9 Å². The number of carbonyl (C=O) groups excluding carboxylic acids is 2. The molecule has 154 valence electrons. The zero-order chi connectivity index (χ0) is 21.3. The molecule has 0 atom stereocenters. The highest BCUT2D eigenvalue weighted by Gasteiger charge is 2.24.